The first kappa shape index (κ1) is 6.39. The van der Waals surface area contributed by atoms with E-state index in [4.69, 9.17) is 0 Å². The van der Waals surface area contributed by atoms with Crippen molar-refractivity contribution in [1.29, 1.82) is 0 Å². The summed E-state index contributed by atoms with van der Waals surface area (Å²) in [6, 6.07) is 0. The molecule has 0 aliphatic heterocycles. The molecule has 0 aromatic carbocycles. The third kappa shape index (κ3) is 4.39. The van der Waals surface area contributed by atoms with Crippen molar-refractivity contribution in [1.82, 2.24) is 0 Å². The molecule has 0 rings (SSSR count). The molecule has 0 radical (unpaired) electrons. The van der Waals surface area contributed by atoms with Gasteiger partial charge in [0.2, 0.25) is 0 Å². The van der Waals surface area contributed by atoms with Crippen LogP contribution in [0.1, 0.15) is 19.8 Å². The van der Waals surface area contributed by atoms with Crippen LogP contribution in [0.5, 0.6) is 0 Å². The molecule has 0 spiro atoms. The van der Waals surface area contributed by atoms with Gasteiger partial charge >= 0.3 is 0 Å². The van der Waals surface area contributed by atoms with Gasteiger partial charge in [-0.05, 0) is 6.16 Å². The number of unbranched alkanes of at least 4 members (excludes halogenated alkanes) is 1. The molecule has 0 amide bonds. The summed E-state index contributed by atoms with van der Waals surface area (Å²) in [6.07, 6.45) is 3.16. The molecule has 0 aliphatic rings. The second-order valence-electron chi connectivity index (χ2n) is 1.25. The molecule has 0 aromatic heterocycles. The van der Waals surface area contributed by atoms with E-state index in [1.165, 1.54) is 0 Å². The van der Waals surface area contributed by atoms with Crippen LogP contribution in [0.3, 0.4) is 0 Å². The summed E-state index contributed by atoms with van der Waals surface area (Å²) in [4.78, 5) is 9.72. The van der Waals surface area contributed by atoms with Gasteiger partial charge in [0.05, 0.1) is 0 Å². The maximum Gasteiger partial charge on any atom is -0.0499 e. The molecule has 1 nitrogen and oxygen atoms in total. The van der Waals surface area contributed by atoms with E-state index in [-0.39, 0.29) is 8.81 Å². The van der Waals surface area contributed by atoms with Gasteiger partial charge in [0.1, 0.15) is 0 Å². The fraction of sp³-hybridized carbons (Fsp3) is 1.00. The topological polar surface area (TPSA) is 23.1 Å². The Hall–Kier alpha value is 0.390. The molecule has 2 heteroatoms. The van der Waals surface area contributed by atoms with Crippen molar-refractivity contribution in [3.63, 3.8) is 0 Å². The smallest absolute Gasteiger partial charge is 0.0499 e. The van der Waals surface area contributed by atoms with E-state index in [0.717, 1.165) is 19.0 Å². The molecule has 0 N–H and O–H groups in total. The summed E-state index contributed by atoms with van der Waals surface area (Å²) in [5.74, 6) is 0. The molecule has 1 unspecified atom stereocenters. The van der Waals surface area contributed by atoms with E-state index in [1.807, 2.05) is 0 Å². The number of hydrogen-bond donors (Lipinski definition) is 0. The minimum absolute atomic E-state index is 0.0854. The van der Waals surface area contributed by atoms with Crippen LogP contribution in [0.2, 0.25) is 0 Å². The Morgan fingerprint density at radius 2 is 2.33 bits per heavy atom. The van der Waals surface area contributed by atoms with Gasteiger partial charge in [-0.15, -0.1) is 0 Å². The SMILES string of the molecule is CCCCP[O-]. The molecule has 1 atom stereocenters. The highest BCUT2D eigenvalue weighted by molar-refractivity contribution is 7.29. The zero-order valence-corrected chi connectivity index (χ0v) is 5.03. The van der Waals surface area contributed by atoms with E-state index >= 15 is 0 Å². The van der Waals surface area contributed by atoms with Gasteiger partial charge in [-0.3, -0.25) is 0 Å². The third-order valence-corrected chi connectivity index (χ3v) is 1.19. The molecule has 0 fully saturated rings. The van der Waals surface area contributed by atoms with Gasteiger partial charge in [-0.1, -0.05) is 19.8 Å². The van der Waals surface area contributed by atoms with Crippen molar-refractivity contribution < 1.29 is 4.89 Å². The molecule has 0 heterocycles. The van der Waals surface area contributed by atoms with Gasteiger partial charge in [0, 0.05) is 0 Å². The highest BCUT2D eigenvalue weighted by Crippen LogP contribution is 1.98. The van der Waals surface area contributed by atoms with Crippen molar-refractivity contribution in [3.8, 4) is 0 Å². The molecule has 0 saturated carbocycles. The van der Waals surface area contributed by atoms with E-state index in [2.05, 4.69) is 6.92 Å². The lowest BCUT2D eigenvalue weighted by Crippen LogP contribution is -1.84. The van der Waals surface area contributed by atoms with Crippen LogP contribution in [0.4, 0.5) is 0 Å². The molecule has 0 bridgehead atoms. The lowest BCUT2D eigenvalue weighted by atomic mass is 10.4. The van der Waals surface area contributed by atoms with Crippen molar-refractivity contribution >= 4 is 8.81 Å². The second-order valence-corrected chi connectivity index (χ2v) is 2.04. The summed E-state index contributed by atoms with van der Waals surface area (Å²) in [5, 5.41) is 0. The largest absolute Gasteiger partial charge is 0.832 e. The molecule has 0 aliphatic carbocycles. The highest BCUT2D eigenvalue weighted by Gasteiger charge is 1.70. The second kappa shape index (κ2) is 5.39. The van der Waals surface area contributed by atoms with Gasteiger partial charge in [-0.2, -0.15) is 0 Å². The average Bonchev–Trinajstić information content (AvgIpc) is 1.61. The van der Waals surface area contributed by atoms with Crippen LogP contribution in [-0.2, 0) is 0 Å². The average molecular weight is 105 g/mol. The van der Waals surface area contributed by atoms with Crippen LogP contribution in [0, 0.1) is 0 Å². The maximum absolute atomic E-state index is 9.72. The van der Waals surface area contributed by atoms with Crippen LogP contribution < -0.4 is 4.89 Å². The van der Waals surface area contributed by atoms with Crippen molar-refractivity contribution in [2.75, 3.05) is 6.16 Å². The predicted octanol–water partition coefficient (Wildman–Crippen LogP) is 0.740. The first-order chi connectivity index (χ1) is 2.91. The van der Waals surface area contributed by atoms with E-state index in [9.17, 15) is 4.89 Å². The lowest BCUT2D eigenvalue weighted by Gasteiger charge is -1.98. The van der Waals surface area contributed by atoms with E-state index in [0.29, 0.717) is 0 Å². The van der Waals surface area contributed by atoms with Gasteiger partial charge in [0.25, 0.3) is 0 Å². The number of rotatable bonds is 3. The molecule has 0 saturated heterocycles. The Morgan fingerprint density at radius 3 is 2.50 bits per heavy atom. The molecule has 6 heavy (non-hydrogen) atoms. The normalized spacial score (nSPS) is 11.0. The van der Waals surface area contributed by atoms with Crippen LogP contribution >= 0.6 is 8.81 Å². The molecular formula is C4H10OP-. The molecule has 0 aromatic rings. The van der Waals surface area contributed by atoms with Gasteiger partial charge in [0.15, 0.2) is 0 Å². The summed E-state index contributed by atoms with van der Waals surface area (Å²) in [6.45, 7) is 2.10. The van der Waals surface area contributed by atoms with E-state index in [1.54, 1.807) is 0 Å². The lowest BCUT2D eigenvalue weighted by molar-refractivity contribution is -0.150. The monoisotopic (exact) mass is 105 g/mol. The highest BCUT2D eigenvalue weighted by atomic mass is 31.1. The first-order valence-corrected chi connectivity index (χ1v) is 3.38. The molecule has 38 valence electrons. The fourth-order valence-electron chi connectivity index (χ4n) is 0.249. The van der Waals surface area contributed by atoms with Crippen molar-refractivity contribution in [3.05, 3.63) is 0 Å². The minimum atomic E-state index is -0.0854. The zero-order valence-electron chi connectivity index (χ0n) is 4.03. The van der Waals surface area contributed by atoms with E-state index < -0.39 is 0 Å². The standard InChI is InChI=1S/C4H10OP/c1-2-3-4-6-5/h6H,2-4H2,1H3/q-1. The fourth-order valence-corrected chi connectivity index (χ4v) is 0.747. The Bertz CT molecular complexity index is 19.5. The van der Waals surface area contributed by atoms with Crippen LogP contribution in [0.15, 0.2) is 0 Å². The Morgan fingerprint density at radius 1 is 1.67 bits per heavy atom. The number of hydrogen-bond acceptors (Lipinski definition) is 1. The summed E-state index contributed by atoms with van der Waals surface area (Å²) >= 11 is 0. The predicted molar refractivity (Wildman–Crippen MR) is 28.1 cm³/mol. The Kier molecular flexibility index (Phi) is 5.74. The Labute approximate surface area is 40.6 Å². The summed E-state index contributed by atoms with van der Waals surface area (Å²) in [5.41, 5.74) is 0. The first-order valence-electron chi connectivity index (χ1n) is 2.26. The van der Waals surface area contributed by atoms with Crippen LogP contribution in [-0.4, -0.2) is 6.16 Å². The summed E-state index contributed by atoms with van der Waals surface area (Å²) in [7, 11) is -0.0854. The third-order valence-electron chi connectivity index (χ3n) is 0.632. The van der Waals surface area contributed by atoms with Gasteiger partial charge < -0.3 is 4.89 Å². The zero-order chi connectivity index (χ0) is 4.83. The Balaban J connectivity index is 2.34. The molecular weight excluding hydrogens is 95.0 g/mol. The van der Waals surface area contributed by atoms with Crippen molar-refractivity contribution in [2.45, 2.75) is 19.8 Å². The van der Waals surface area contributed by atoms with Gasteiger partial charge in [-0.25, -0.2) is 8.81 Å². The summed E-state index contributed by atoms with van der Waals surface area (Å²) < 4.78 is 0. The minimum Gasteiger partial charge on any atom is -0.832 e. The maximum atomic E-state index is 9.72. The van der Waals surface area contributed by atoms with Crippen molar-refractivity contribution in [2.24, 2.45) is 0 Å². The quantitative estimate of drug-likeness (QED) is 0.383. The van der Waals surface area contributed by atoms with Crippen LogP contribution in [0.25, 0.3) is 0 Å².